The first-order chi connectivity index (χ1) is 9.24. The number of amides is 1. The van der Waals surface area contributed by atoms with Crippen LogP contribution < -0.4 is 10.6 Å². The predicted octanol–water partition coefficient (Wildman–Crippen LogP) is 2.27. The van der Waals surface area contributed by atoms with E-state index in [4.69, 9.17) is 0 Å². The zero-order chi connectivity index (χ0) is 13.2. The highest BCUT2D eigenvalue weighted by molar-refractivity contribution is 7.22. The molecule has 1 saturated heterocycles. The third-order valence-corrected chi connectivity index (χ3v) is 5.33. The molecule has 2 N–H and O–H groups in total. The van der Waals surface area contributed by atoms with Gasteiger partial charge < -0.3 is 10.6 Å². The lowest BCUT2D eigenvalue weighted by molar-refractivity contribution is 0.0943. The van der Waals surface area contributed by atoms with Gasteiger partial charge in [-0.25, -0.2) is 4.98 Å². The van der Waals surface area contributed by atoms with Crippen molar-refractivity contribution in [2.24, 2.45) is 0 Å². The van der Waals surface area contributed by atoms with Gasteiger partial charge in [-0.1, -0.05) is 6.07 Å². The Morgan fingerprint density at radius 2 is 2.47 bits per heavy atom. The molecule has 19 heavy (non-hydrogen) atoms. The maximum Gasteiger partial charge on any atom is 0.263 e. The molecule has 0 saturated carbocycles. The summed E-state index contributed by atoms with van der Waals surface area (Å²) in [4.78, 5) is 18.6. The molecule has 3 rings (SSSR count). The second-order valence-corrected chi connectivity index (χ2v) is 6.52. The number of hydrogen-bond acceptors (Lipinski definition) is 5. The minimum absolute atomic E-state index is 0.00602. The first-order valence-electron chi connectivity index (χ1n) is 6.27. The number of thiophene rings is 1. The van der Waals surface area contributed by atoms with Crippen LogP contribution in [0.25, 0.3) is 9.88 Å². The van der Waals surface area contributed by atoms with Crippen LogP contribution in [0.2, 0.25) is 0 Å². The smallest absolute Gasteiger partial charge is 0.263 e. The van der Waals surface area contributed by atoms with E-state index in [1.54, 1.807) is 11.3 Å². The molecule has 1 aliphatic rings. The minimum Gasteiger partial charge on any atom is -0.347 e. The number of nitrogens with one attached hydrogen (secondary N) is 2. The van der Waals surface area contributed by atoms with Crippen LogP contribution in [0.3, 0.4) is 0 Å². The second-order valence-electron chi connectivity index (χ2n) is 4.57. The highest BCUT2D eigenvalue weighted by Crippen LogP contribution is 2.31. The number of carbonyl (C=O) groups is 1. The summed E-state index contributed by atoms with van der Waals surface area (Å²) in [5, 5.41) is 9.27. The fourth-order valence-corrected chi connectivity index (χ4v) is 3.91. The molecule has 0 bridgehead atoms. The second kappa shape index (κ2) is 5.40. The highest BCUT2D eigenvalue weighted by Gasteiger charge is 2.21. The maximum absolute atomic E-state index is 12.2. The average Bonchev–Trinajstić information content (AvgIpc) is 3.07. The van der Waals surface area contributed by atoms with Crippen molar-refractivity contribution in [2.75, 3.05) is 13.1 Å². The van der Waals surface area contributed by atoms with E-state index in [2.05, 4.69) is 15.6 Å². The number of hydrogen-bond donors (Lipinski definition) is 2. The summed E-state index contributed by atoms with van der Waals surface area (Å²) in [6, 6.07) is 4.28. The van der Waals surface area contributed by atoms with Crippen molar-refractivity contribution in [3.63, 3.8) is 0 Å². The Morgan fingerprint density at radius 1 is 1.58 bits per heavy atom. The molecule has 1 aliphatic heterocycles. The Bertz CT molecular complexity index is 571. The third-order valence-electron chi connectivity index (χ3n) is 3.13. The Morgan fingerprint density at radius 3 is 3.16 bits per heavy atom. The molecule has 0 spiro atoms. The summed E-state index contributed by atoms with van der Waals surface area (Å²) < 4.78 is 0. The number of thiazole rings is 1. The summed E-state index contributed by atoms with van der Waals surface area (Å²) in [6.45, 7) is 3.74. The standard InChI is InChI=1S/C13H15N3OS2/c1-8-11(12(17)16-9-4-5-14-7-9)19-13(15-8)10-3-2-6-18-10/h2-3,6,9,14H,4-5,7H2,1H3,(H,16,17). The minimum atomic E-state index is 0.00602. The molecular formula is C13H15N3OS2. The largest absolute Gasteiger partial charge is 0.347 e. The Labute approximate surface area is 119 Å². The van der Waals surface area contributed by atoms with Crippen molar-refractivity contribution >= 4 is 28.6 Å². The van der Waals surface area contributed by atoms with Crippen molar-refractivity contribution in [3.05, 3.63) is 28.1 Å². The number of rotatable bonds is 3. The molecule has 100 valence electrons. The van der Waals surface area contributed by atoms with Gasteiger partial charge >= 0.3 is 0 Å². The molecule has 6 heteroatoms. The fraction of sp³-hybridized carbons (Fsp3) is 0.385. The van der Waals surface area contributed by atoms with E-state index in [9.17, 15) is 4.79 Å². The molecule has 4 nitrogen and oxygen atoms in total. The molecule has 0 aliphatic carbocycles. The molecule has 0 radical (unpaired) electrons. The van der Waals surface area contributed by atoms with Gasteiger partial charge in [0.05, 0.1) is 10.6 Å². The van der Waals surface area contributed by atoms with Crippen LogP contribution in [0.15, 0.2) is 17.5 Å². The molecule has 0 aromatic carbocycles. The van der Waals surface area contributed by atoms with E-state index in [-0.39, 0.29) is 11.9 Å². The lowest BCUT2D eigenvalue weighted by Crippen LogP contribution is -2.36. The number of carbonyl (C=O) groups excluding carboxylic acids is 1. The SMILES string of the molecule is Cc1nc(-c2cccs2)sc1C(=O)NC1CCNC1. The molecule has 1 fully saturated rings. The van der Waals surface area contributed by atoms with Gasteiger partial charge in [0.1, 0.15) is 9.88 Å². The summed E-state index contributed by atoms with van der Waals surface area (Å²) in [5.41, 5.74) is 0.817. The van der Waals surface area contributed by atoms with Crippen LogP contribution in [-0.2, 0) is 0 Å². The van der Waals surface area contributed by atoms with Crippen molar-refractivity contribution in [2.45, 2.75) is 19.4 Å². The maximum atomic E-state index is 12.2. The van der Waals surface area contributed by atoms with Gasteiger partial charge in [-0.2, -0.15) is 0 Å². The van der Waals surface area contributed by atoms with Crippen LogP contribution in [0.5, 0.6) is 0 Å². The molecule has 2 aromatic rings. The van der Waals surface area contributed by atoms with E-state index >= 15 is 0 Å². The Balaban J connectivity index is 1.78. The first-order valence-corrected chi connectivity index (χ1v) is 7.96. The number of nitrogens with zero attached hydrogens (tertiary/aromatic N) is 1. The van der Waals surface area contributed by atoms with E-state index < -0.39 is 0 Å². The summed E-state index contributed by atoms with van der Waals surface area (Å²) in [6.07, 6.45) is 1.00. The zero-order valence-electron chi connectivity index (χ0n) is 10.6. The van der Waals surface area contributed by atoms with Gasteiger partial charge in [-0.15, -0.1) is 22.7 Å². The number of aromatic nitrogens is 1. The number of aryl methyl sites for hydroxylation is 1. The summed E-state index contributed by atoms with van der Waals surface area (Å²) >= 11 is 3.12. The van der Waals surface area contributed by atoms with Crippen LogP contribution in [0, 0.1) is 6.92 Å². The van der Waals surface area contributed by atoms with Crippen LogP contribution in [-0.4, -0.2) is 30.0 Å². The molecule has 1 atom stereocenters. The van der Waals surface area contributed by atoms with Gasteiger partial charge in [-0.05, 0) is 31.3 Å². The monoisotopic (exact) mass is 293 g/mol. The van der Waals surface area contributed by atoms with Gasteiger partial charge in [-0.3, -0.25) is 4.79 Å². The summed E-state index contributed by atoms with van der Waals surface area (Å²) in [7, 11) is 0. The molecule has 2 aromatic heterocycles. The fourth-order valence-electron chi connectivity index (χ4n) is 2.14. The van der Waals surface area contributed by atoms with E-state index in [1.165, 1.54) is 11.3 Å². The zero-order valence-corrected chi connectivity index (χ0v) is 12.2. The van der Waals surface area contributed by atoms with E-state index in [1.807, 2.05) is 24.4 Å². The molecule has 3 heterocycles. The normalized spacial score (nSPS) is 18.7. The molecule has 1 amide bonds. The van der Waals surface area contributed by atoms with Gasteiger partial charge in [0, 0.05) is 12.6 Å². The molecule has 1 unspecified atom stereocenters. The van der Waals surface area contributed by atoms with Gasteiger partial charge in [0.25, 0.3) is 5.91 Å². The van der Waals surface area contributed by atoms with Crippen LogP contribution in [0.4, 0.5) is 0 Å². The van der Waals surface area contributed by atoms with E-state index in [0.29, 0.717) is 0 Å². The lowest BCUT2D eigenvalue weighted by atomic mass is 10.2. The third kappa shape index (κ3) is 2.70. The van der Waals surface area contributed by atoms with Gasteiger partial charge in [0.15, 0.2) is 0 Å². The van der Waals surface area contributed by atoms with Crippen molar-refractivity contribution in [1.82, 2.24) is 15.6 Å². The van der Waals surface area contributed by atoms with Crippen molar-refractivity contribution in [3.8, 4) is 9.88 Å². The topological polar surface area (TPSA) is 54.0 Å². The van der Waals surface area contributed by atoms with Crippen molar-refractivity contribution < 1.29 is 4.79 Å². The van der Waals surface area contributed by atoms with Crippen LogP contribution >= 0.6 is 22.7 Å². The Kier molecular flexibility index (Phi) is 3.63. The predicted molar refractivity (Wildman–Crippen MR) is 78.9 cm³/mol. The summed E-state index contributed by atoms with van der Waals surface area (Å²) in [5.74, 6) is 0.00602. The van der Waals surface area contributed by atoms with Crippen molar-refractivity contribution in [1.29, 1.82) is 0 Å². The average molecular weight is 293 g/mol. The van der Waals surface area contributed by atoms with E-state index in [0.717, 1.165) is 40.0 Å². The highest BCUT2D eigenvalue weighted by atomic mass is 32.1. The Hall–Kier alpha value is -1.24. The first kappa shape index (κ1) is 12.8. The molecular weight excluding hydrogens is 278 g/mol. The quantitative estimate of drug-likeness (QED) is 0.913. The lowest BCUT2D eigenvalue weighted by Gasteiger charge is -2.09. The van der Waals surface area contributed by atoms with Gasteiger partial charge in [0.2, 0.25) is 0 Å². The van der Waals surface area contributed by atoms with Crippen LogP contribution in [0.1, 0.15) is 21.8 Å².